The van der Waals surface area contributed by atoms with E-state index in [1.54, 1.807) is 0 Å². The molecule has 0 N–H and O–H groups in total. The maximum Gasteiger partial charge on any atom is 0.573 e. The Morgan fingerprint density at radius 1 is 1.23 bits per heavy atom. The van der Waals surface area contributed by atoms with Crippen LogP contribution in [0, 0.1) is 0 Å². The van der Waals surface area contributed by atoms with E-state index >= 15 is 0 Å². The summed E-state index contributed by atoms with van der Waals surface area (Å²) in [7, 11) is 0. The van der Waals surface area contributed by atoms with Gasteiger partial charge in [0, 0.05) is 5.56 Å². The molecule has 0 saturated heterocycles. The van der Waals surface area contributed by atoms with Gasteiger partial charge >= 0.3 is 6.36 Å². The van der Waals surface area contributed by atoms with Crippen LogP contribution in [0.5, 0.6) is 5.75 Å². The van der Waals surface area contributed by atoms with Crippen LogP contribution in [0.15, 0.2) is 24.3 Å². The third-order valence-corrected chi connectivity index (χ3v) is 1.35. The van der Waals surface area contributed by atoms with Crippen molar-refractivity contribution in [2.75, 3.05) is 0 Å². The van der Waals surface area contributed by atoms with Crippen LogP contribution in [0.25, 0.3) is 0 Å². The fraction of sp³-hybridized carbons (Fsp3) is 0.250. The van der Waals surface area contributed by atoms with Gasteiger partial charge in [0.15, 0.2) is 0 Å². The van der Waals surface area contributed by atoms with Crippen LogP contribution in [-0.4, -0.2) is 6.36 Å². The van der Waals surface area contributed by atoms with E-state index in [1.165, 1.54) is 18.2 Å². The molecule has 0 amide bonds. The Morgan fingerprint density at radius 2 is 1.85 bits per heavy atom. The molecule has 1 rings (SSSR count). The van der Waals surface area contributed by atoms with E-state index < -0.39 is 18.7 Å². The molecular formula is C8H6F3O2. The van der Waals surface area contributed by atoms with Crippen molar-refractivity contribution in [2.45, 2.75) is 13.0 Å². The first-order valence-electron chi connectivity index (χ1n) is 3.44. The van der Waals surface area contributed by atoms with Crippen molar-refractivity contribution in [2.24, 2.45) is 0 Å². The Labute approximate surface area is 72.6 Å². The number of para-hydroxylation sites is 1. The molecule has 0 aliphatic heterocycles. The monoisotopic (exact) mass is 191 g/mol. The first kappa shape index (κ1) is 9.85. The SMILES string of the molecule is [O]Cc1ccccc1OC(F)(F)F. The molecule has 0 fully saturated rings. The van der Waals surface area contributed by atoms with Gasteiger partial charge in [-0.05, 0) is 6.07 Å². The van der Waals surface area contributed by atoms with Gasteiger partial charge in [0.1, 0.15) is 12.4 Å². The zero-order chi connectivity index (χ0) is 9.90. The number of halogens is 3. The van der Waals surface area contributed by atoms with Gasteiger partial charge < -0.3 is 4.74 Å². The summed E-state index contributed by atoms with van der Waals surface area (Å²) in [6.07, 6.45) is -4.74. The van der Waals surface area contributed by atoms with Gasteiger partial charge in [-0.2, -0.15) is 0 Å². The minimum absolute atomic E-state index is 0.000162. The summed E-state index contributed by atoms with van der Waals surface area (Å²) in [5, 5.41) is 10.4. The molecule has 0 bridgehead atoms. The molecule has 71 valence electrons. The lowest BCUT2D eigenvalue weighted by atomic mass is 10.2. The highest BCUT2D eigenvalue weighted by atomic mass is 19.4. The second kappa shape index (κ2) is 3.66. The number of rotatable bonds is 2. The van der Waals surface area contributed by atoms with E-state index in [-0.39, 0.29) is 5.56 Å². The van der Waals surface area contributed by atoms with E-state index in [0.717, 1.165) is 6.07 Å². The smallest absolute Gasteiger partial charge is 0.405 e. The van der Waals surface area contributed by atoms with Crippen molar-refractivity contribution in [1.29, 1.82) is 0 Å². The van der Waals surface area contributed by atoms with Crippen LogP contribution in [0.2, 0.25) is 0 Å². The van der Waals surface area contributed by atoms with Gasteiger partial charge in [-0.1, -0.05) is 18.2 Å². The molecule has 1 aromatic rings. The number of hydrogen-bond acceptors (Lipinski definition) is 1. The van der Waals surface area contributed by atoms with E-state index in [4.69, 9.17) is 0 Å². The summed E-state index contributed by atoms with van der Waals surface area (Å²) < 4.78 is 38.8. The lowest BCUT2D eigenvalue weighted by molar-refractivity contribution is -0.275. The fourth-order valence-corrected chi connectivity index (χ4v) is 0.847. The molecule has 0 aromatic heterocycles. The van der Waals surface area contributed by atoms with Crippen molar-refractivity contribution < 1.29 is 23.0 Å². The largest absolute Gasteiger partial charge is 0.573 e. The first-order chi connectivity index (χ1) is 6.03. The highest BCUT2D eigenvalue weighted by molar-refractivity contribution is 5.32. The second-order valence-corrected chi connectivity index (χ2v) is 2.30. The van der Waals surface area contributed by atoms with Gasteiger partial charge in [-0.25, -0.2) is 5.11 Å². The van der Waals surface area contributed by atoms with Crippen LogP contribution in [0.4, 0.5) is 13.2 Å². The van der Waals surface area contributed by atoms with Crippen LogP contribution >= 0.6 is 0 Å². The lowest BCUT2D eigenvalue weighted by Crippen LogP contribution is -2.18. The molecular weight excluding hydrogens is 185 g/mol. The van der Waals surface area contributed by atoms with E-state index in [0.29, 0.717) is 0 Å². The normalized spacial score (nSPS) is 11.4. The predicted molar refractivity (Wildman–Crippen MR) is 37.5 cm³/mol. The van der Waals surface area contributed by atoms with Crippen LogP contribution in [0.1, 0.15) is 5.56 Å². The molecule has 0 heterocycles. The molecule has 13 heavy (non-hydrogen) atoms. The van der Waals surface area contributed by atoms with Crippen molar-refractivity contribution in [3.63, 3.8) is 0 Å². The molecule has 1 aromatic carbocycles. The third kappa shape index (κ3) is 2.95. The van der Waals surface area contributed by atoms with Crippen molar-refractivity contribution >= 4 is 0 Å². The van der Waals surface area contributed by atoms with Gasteiger partial charge in [0.05, 0.1) is 0 Å². The number of hydrogen-bond donors (Lipinski definition) is 0. The number of alkyl halides is 3. The Morgan fingerprint density at radius 3 is 2.38 bits per heavy atom. The highest BCUT2D eigenvalue weighted by Crippen LogP contribution is 2.25. The molecule has 0 atom stereocenters. The van der Waals surface area contributed by atoms with E-state index in [2.05, 4.69) is 4.74 Å². The summed E-state index contributed by atoms with van der Waals surface area (Å²) in [4.78, 5) is 0. The third-order valence-electron chi connectivity index (χ3n) is 1.35. The average Bonchev–Trinajstić information content (AvgIpc) is 2.02. The Hall–Kier alpha value is -1.23. The maximum absolute atomic E-state index is 11.7. The fourth-order valence-electron chi connectivity index (χ4n) is 0.847. The zero-order valence-electron chi connectivity index (χ0n) is 6.47. The summed E-state index contributed by atoms with van der Waals surface area (Å²) in [5.41, 5.74) is -0.000162. The second-order valence-electron chi connectivity index (χ2n) is 2.30. The number of ether oxygens (including phenoxy) is 1. The average molecular weight is 191 g/mol. The van der Waals surface area contributed by atoms with Gasteiger partial charge in [0.2, 0.25) is 0 Å². The number of benzene rings is 1. The zero-order valence-corrected chi connectivity index (χ0v) is 6.47. The van der Waals surface area contributed by atoms with Gasteiger partial charge in [0.25, 0.3) is 0 Å². The molecule has 1 radical (unpaired) electrons. The van der Waals surface area contributed by atoms with Crippen molar-refractivity contribution in [3.8, 4) is 5.75 Å². The van der Waals surface area contributed by atoms with Crippen molar-refractivity contribution in [3.05, 3.63) is 29.8 Å². The molecule has 0 saturated carbocycles. The van der Waals surface area contributed by atoms with Gasteiger partial charge in [-0.3, -0.25) is 0 Å². The summed E-state index contributed by atoms with van der Waals surface area (Å²) in [6, 6.07) is 5.27. The summed E-state index contributed by atoms with van der Waals surface area (Å²) >= 11 is 0. The topological polar surface area (TPSA) is 29.1 Å². The molecule has 0 spiro atoms. The lowest BCUT2D eigenvalue weighted by Gasteiger charge is -2.10. The minimum Gasteiger partial charge on any atom is -0.405 e. The standard InChI is InChI=1S/C8H6F3O2/c9-8(10,11)13-7-4-2-1-3-6(7)5-12/h1-4H,5H2. The predicted octanol–water partition coefficient (Wildman–Crippen LogP) is 2.52. The molecule has 5 heteroatoms. The summed E-state index contributed by atoms with van der Waals surface area (Å²) in [6.45, 7) is -0.730. The molecule has 0 aliphatic rings. The molecule has 0 unspecified atom stereocenters. The Kier molecular flexibility index (Phi) is 2.77. The van der Waals surface area contributed by atoms with E-state index in [9.17, 15) is 18.3 Å². The minimum atomic E-state index is -4.74. The Balaban J connectivity index is 2.87. The van der Waals surface area contributed by atoms with Crippen LogP contribution in [-0.2, 0) is 11.7 Å². The van der Waals surface area contributed by atoms with Crippen molar-refractivity contribution in [1.82, 2.24) is 0 Å². The highest BCUT2D eigenvalue weighted by Gasteiger charge is 2.31. The molecule has 0 aliphatic carbocycles. The Bertz CT molecular complexity index is 283. The summed E-state index contributed by atoms with van der Waals surface area (Å²) in [5.74, 6) is -0.426. The maximum atomic E-state index is 11.7. The van der Waals surface area contributed by atoms with Crippen LogP contribution < -0.4 is 4.74 Å². The van der Waals surface area contributed by atoms with E-state index in [1.807, 2.05) is 0 Å². The molecule has 2 nitrogen and oxygen atoms in total. The quantitative estimate of drug-likeness (QED) is 0.706. The first-order valence-corrected chi connectivity index (χ1v) is 3.44. The van der Waals surface area contributed by atoms with Gasteiger partial charge in [-0.15, -0.1) is 13.2 Å². The van der Waals surface area contributed by atoms with Crippen LogP contribution in [0.3, 0.4) is 0 Å².